The van der Waals surface area contributed by atoms with Gasteiger partial charge in [-0.3, -0.25) is 10.00 Å². The fraction of sp³-hybridized carbons (Fsp3) is 0.536. The van der Waals surface area contributed by atoms with E-state index in [9.17, 15) is 0 Å². The third kappa shape index (κ3) is 5.73. The monoisotopic (exact) mass is 473 g/mol. The molecule has 1 atom stereocenters. The first-order valence-electron chi connectivity index (χ1n) is 13.4. The number of anilines is 1. The SMILES string of the molecule is CN(Cc1cn[nH]c1-c1ccccc1)CC(N)c1nc2c(c(N3CCCCCC3)n1)CCCCC2. The summed E-state index contributed by atoms with van der Waals surface area (Å²) in [5.74, 6) is 1.97. The third-order valence-electron chi connectivity index (χ3n) is 7.39. The second kappa shape index (κ2) is 11.3. The van der Waals surface area contributed by atoms with E-state index in [4.69, 9.17) is 15.7 Å². The predicted octanol–water partition coefficient (Wildman–Crippen LogP) is 4.65. The Kier molecular flexibility index (Phi) is 7.74. The van der Waals surface area contributed by atoms with Gasteiger partial charge in [-0.2, -0.15) is 5.10 Å². The van der Waals surface area contributed by atoms with Gasteiger partial charge in [0.25, 0.3) is 0 Å². The molecule has 1 unspecified atom stereocenters. The summed E-state index contributed by atoms with van der Waals surface area (Å²) in [5, 5.41) is 7.47. The average molecular weight is 474 g/mol. The highest BCUT2D eigenvalue weighted by molar-refractivity contribution is 5.62. The molecular formula is C28H39N7. The van der Waals surface area contributed by atoms with Crippen molar-refractivity contribution in [2.75, 3.05) is 31.6 Å². The molecule has 0 saturated carbocycles. The van der Waals surface area contributed by atoms with Gasteiger partial charge in [-0.1, -0.05) is 49.6 Å². The molecule has 1 aliphatic carbocycles. The number of nitrogens with two attached hydrogens (primary N) is 1. The summed E-state index contributed by atoms with van der Waals surface area (Å²) in [6.07, 6.45) is 12.9. The summed E-state index contributed by atoms with van der Waals surface area (Å²) in [6.45, 7) is 3.65. The van der Waals surface area contributed by atoms with Gasteiger partial charge in [-0.05, 0) is 51.1 Å². The second-order valence-electron chi connectivity index (χ2n) is 10.2. The van der Waals surface area contributed by atoms with E-state index in [2.05, 4.69) is 51.3 Å². The summed E-state index contributed by atoms with van der Waals surface area (Å²) in [4.78, 5) is 15.0. The van der Waals surface area contributed by atoms with E-state index in [0.717, 1.165) is 49.6 Å². The number of likely N-dealkylation sites (N-methyl/N-ethyl adjacent to an activating group) is 1. The largest absolute Gasteiger partial charge is 0.356 e. The minimum Gasteiger partial charge on any atom is -0.356 e. The lowest BCUT2D eigenvalue weighted by molar-refractivity contribution is 0.301. The summed E-state index contributed by atoms with van der Waals surface area (Å²) in [7, 11) is 2.11. The average Bonchev–Trinajstić information content (AvgIpc) is 3.05. The Balaban J connectivity index is 1.34. The minimum atomic E-state index is -0.230. The van der Waals surface area contributed by atoms with Crippen LogP contribution >= 0.6 is 0 Å². The van der Waals surface area contributed by atoms with E-state index < -0.39 is 0 Å². The number of aryl methyl sites for hydroxylation is 1. The fourth-order valence-electron chi connectivity index (χ4n) is 5.54. The van der Waals surface area contributed by atoms with Crippen molar-refractivity contribution >= 4 is 5.82 Å². The van der Waals surface area contributed by atoms with Crippen LogP contribution in [0.4, 0.5) is 5.82 Å². The van der Waals surface area contributed by atoms with Gasteiger partial charge in [0.2, 0.25) is 0 Å². The Labute approximate surface area is 209 Å². The first-order valence-corrected chi connectivity index (χ1v) is 13.4. The topological polar surface area (TPSA) is 87.0 Å². The van der Waals surface area contributed by atoms with E-state index in [1.165, 1.54) is 67.6 Å². The molecule has 2 aliphatic rings. The fourth-order valence-corrected chi connectivity index (χ4v) is 5.54. The maximum atomic E-state index is 6.77. The molecule has 1 aromatic carbocycles. The van der Waals surface area contributed by atoms with Crippen LogP contribution in [0.25, 0.3) is 11.3 Å². The summed E-state index contributed by atoms with van der Waals surface area (Å²) < 4.78 is 0. The van der Waals surface area contributed by atoms with Crippen molar-refractivity contribution in [1.29, 1.82) is 0 Å². The molecule has 1 saturated heterocycles. The highest BCUT2D eigenvalue weighted by atomic mass is 15.2. The molecule has 5 rings (SSSR count). The number of fused-ring (bicyclic) bond motifs is 1. The number of nitrogens with zero attached hydrogens (tertiary/aromatic N) is 5. The van der Waals surface area contributed by atoms with Crippen LogP contribution in [0.2, 0.25) is 0 Å². The number of hydrogen-bond donors (Lipinski definition) is 2. The number of hydrogen-bond acceptors (Lipinski definition) is 6. The van der Waals surface area contributed by atoms with Crippen LogP contribution in [0.1, 0.15) is 73.6 Å². The van der Waals surface area contributed by atoms with E-state index in [0.29, 0.717) is 6.54 Å². The zero-order valence-corrected chi connectivity index (χ0v) is 21.0. The molecule has 3 aromatic rings. The Hall–Kier alpha value is -2.77. The Bertz CT molecular complexity index is 1090. The summed E-state index contributed by atoms with van der Waals surface area (Å²) >= 11 is 0. The van der Waals surface area contributed by atoms with Crippen molar-refractivity contribution in [3.05, 3.63) is 59.2 Å². The highest BCUT2D eigenvalue weighted by Crippen LogP contribution is 2.30. The van der Waals surface area contributed by atoms with Gasteiger partial charge >= 0.3 is 0 Å². The van der Waals surface area contributed by atoms with Crippen LogP contribution in [-0.4, -0.2) is 51.7 Å². The van der Waals surface area contributed by atoms with Crippen LogP contribution < -0.4 is 10.6 Å². The first kappa shape index (κ1) is 23.9. The van der Waals surface area contributed by atoms with Crippen LogP contribution in [0, 0.1) is 0 Å². The summed E-state index contributed by atoms with van der Waals surface area (Å²) in [5.41, 5.74) is 12.8. The predicted molar refractivity (Wildman–Crippen MR) is 141 cm³/mol. The van der Waals surface area contributed by atoms with Gasteiger partial charge in [0.1, 0.15) is 11.6 Å². The van der Waals surface area contributed by atoms with Gasteiger partial charge in [0.15, 0.2) is 0 Å². The molecule has 3 heterocycles. The van der Waals surface area contributed by atoms with E-state index in [-0.39, 0.29) is 6.04 Å². The molecule has 0 spiro atoms. The zero-order valence-electron chi connectivity index (χ0n) is 21.0. The molecule has 3 N–H and O–H groups in total. The molecule has 35 heavy (non-hydrogen) atoms. The quantitative estimate of drug-likeness (QED) is 0.486. The van der Waals surface area contributed by atoms with Crippen molar-refractivity contribution < 1.29 is 0 Å². The summed E-state index contributed by atoms with van der Waals surface area (Å²) in [6, 6.07) is 10.1. The van der Waals surface area contributed by atoms with Crippen LogP contribution in [0.5, 0.6) is 0 Å². The number of H-pyrrole nitrogens is 1. The molecule has 2 aromatic heterocycles. The first-order chi connectivity index (χ1) is 17.2. The van der Waals surface area contributed by atoms with E-state index >= 15 is 0 Å². The molecule has 1 fully saturated rings. The lowest BCUT2D eigenvalue weighted by atomic mass is 10.1. The third-order valence-corrected chi connectivity index (χ3v) is 7.39. The molecule has 7 nitrogen and oxygen atoms in total. The molecule has 0 radical (unpaired) electrons. The Morgan fingerprint density at radius 1 is 0.971 bits per heavy atom. The van der Waals surface area contributed by atoms with Crippen LogP contribution in [0.15, 0.2) is 36.5 Å². The number of nitrogens with one attached hydrogen (secondary N) is 1. The van der Waals surface area contributed by atoms with Gasteiger partial charge in [0.05, 0.1) is 17.9 Å². The molecule has 0 amide bonds. The Morgan fingerprint density at radius 3 is 2.51 bits per heavy atom. The lowest BCUT2D eigenvalue weighted by Crippen LogP contribution is -2.32. The highest BCUT2D eigenvalue weighted by Gasteiger charge is 2.24. The lowest BCUT2D eigenvalue weighted by Gasteiger charge is -2.27. The normalized spacial score (nSPS) is 17.6. The maximum Gasteiger partial charge on any atom is 0.149 e. The zero-order chi connectivity index (χ0) is 24.0. The molecular weight excluding hydrogens is 434 g/mol. The van der Waals surface area contributed by atoms with E-state index in [1.54, 1.807) is 0 Å². The van der Waals surface area contributed by atoms with Crippen molar-refractivity contribution in [2.45, 2.75) is 70.4 Å². The van der Waals surface area contributed by atoms with Gasteiger partial charge in [-0.15, -0.1) is 0 Å². The molecule has 1 aliphatic heterocycles. The van der Waals surface area contributed by atoms with Crippen LogP contribution in [0.3, 0.4) is 0 Å². The molecule has 186 valence electrons. The smallest absolute Gasteiger partial charge is 0.149 e. The van der Waals surface area contributed by atoms with Crippen molar-refractivity contribution in [1.82, 2.24) is 25.1 Å². The van der Waals surface area contributed by atoms with Crippen LogP contribution in [-0.2, 0) is 19.4 Å². The maximum absolute atomic E-state index is 6.77. The van der Waals surface area contributed by atoms with Crippen molar-refractivity contribution in [2.24, 2.45) is 5.73 Å². The standard InChI is InChI=1S/C28H39N7/c1-34(19-22-18-30-33-26(22)21-12-6-4-7-13-21)20-24(29)27-31-25-15-9-5-8-14-23(25)28(32-27)35-16-10-2-3-11-17-35/h4,6-7,12-13,18,24H,2-3,5,8-11,14-17,19-20,29H2,1H3,(H,30,33). The van der Waals surface area contributed by atoms with Gasteiger partial charge in [-0.25, -0.2) is 9.97 Å². The number of aromatic nitrogens is 4. The van der Waals surface area contributed by atoms with Crippen molar-refractivity contribution in [3.63, 3.8) is 0 Å². The van der Waals surface area contributed by atoms with Gasteiger partial charge in [0, 0.05) is 43.0 Å². The van der Waals surface area contributed by atoms with E-state index in [1.807, 2.05) is 12.3 Å². The van der Waals surface area contributed by atoms with Gasteiger partial charge < -0.3 is 10.6 Å². The molecule has 0 bridgehead atoms. The number of benzene rings is 1. The minimum absolute atomic E-state index is 0.230. The number of aromatic amines is 1. The second-order valence-corrected chi connectivity index (χ2v) is 10.2. The van der Waals surface area contributed by atoms with Crippen molar-refractivity contribution in [3.8, 4) is 11.3 Å². The number of rotatable bonds is 7. The Morgan fingerprint density at radius 2 is 1.71 bits per heavy atom. The molecule has 7 heteroatoms.